The molecule has 23 heavy (non-hydrogen) atoms. The van der Waals surface area contributed by atoms with Crippen molar-refractivity contribution in [1.29, 1.82) is 0 Å². The molecule has 0 aliphatic heterocycles. The fourth-order valence-corrected chi connectivity index (χ4v) is 2.53. The summed E-state index contributed by atoms with van der Waals surface area (Å²) in [6.07, 6.45) is 4.44. The van der Waals surface area contributed by atoms with Gasteiger partial charge in [-0.1, -0.05) is 25.5 Å². The molecule has 0 unspecified atom stereocenters. The molecule has 0 saturated heterocycles. The van der Waals surface area contributed by atoms with E-state index in [9.17, 15) is 4.79 Å². The van der Waals surface area contributed by atoms with Crippen molar-refractivity contribution in [1.82, 2.24) is 4.90 Å². The van der Waals surface area contributed by atoms with Crippen LogP contribution in [0.3, 0.4) is 0 Å². The zero-order chi connectivity index (χ0) is 17.2. The summed E-state index contributed by atoms with van der Waals surface area (Å²) in [4.78, 5) is 19.7. The first-order chi connectivity index (χ1) is 11.0. The van der Waals surface area contributed by atoms with Gasteiger partial charge in [0.1, 0.15) is 0 Å². The number of rotatable bonds is 9. The quantitative estimate of drug-likeness (QED) is 0.398. The lowest BCUT2D eigenvalue weighted by atomic mass is 10.1. The Morgan fingerprint density at radius 2 is 2.00 bits per heavy atom. The number of hydrogen-bond donors (Lipinski definition) is 0. The smallest absolute Gasteiger partial charge is 0.153 e. The molecule has 0 radical (unpaired) electrons. The summed E-state index contributed by atoms with van der Waals surface area (Å²) >= 11 is 0. The van der Waals surface area contributed by atoms with Gasteiger partial charge in [0.2, 0.25) is 0 Å². The lowest BCUT2D eigenvalue weighted by molar-refractivity contribution is -0.104. The van der Waals surface area contributed by atoms with Crippen molar-refractivity contribution in [3.05, 3.63) is 41.1 Å². The zero-order valence-corrected chi connectivity index (χ0v) is 15.0. The molecule has 4 heteroatoms. The van der Waals surface area contributed by atoms with Gasteiger partial charge in [0.25, 0.3) is 0 Å². The maximum atomic E-state index is 11.3. The van der Waals surface area contributed by atoms with E-state index in [4.69, 9.17) is 0 Å². The average molecular weight is 315 g/mol. The number of aryl methyl sites for hydroxylation is 1. The largest absolute Gasteiger partial charge is 0.375 e. The van der Waals surface area contributed by atoms with Gasteiger partial charge in [-0.2, -0.15) is 0 Å². The van der Waals surface area contributed by atoms with Gasteiger partial charge in [-0.3, -0.25) is 9.79 Å². The second-order valence-corrected chi connectivity index (χ2v) is 5.84. The molecule has 126 valence electrons. The Hall–Kier alpha value is -2.10. The molecule has 0 aliphatic carbocycles. The van der Waals surface area contributed by atoms with Crippen LogP contribution in [-0.4, -0.2) is 51.6 Å². The van der Waals surface area contributed by atoms with E-state index < -0.39 is 0 Å². The van der Waals surface area contributed by atoms with E-state index in [-0.39, 0.29) is 0 Å². The van der Waals surface area contributed by atoms with E-state index in [1.165, 1.54) is 11.3 Å². The number of nitrogens with zero attached hydrogens (tertiary/aromatic N) is 3. The predicted molar refractivity (Wildman–Crippen MR) is 99.5 cm³/mol. The van der Waals surface area contributed by atoms with Crippen LogP contribution in [-0.2, 0) is 4.79 Å². The molecule has 1 aromatic rings. The first kappa shape index (κ1) is 18.9. The number of hydrogen-bond acceptors (Lipinski definition) is 4. The van der Waals surface area contributed by atoms with Crippen LogP contribution < -0.4 is 4.90 Å². The van der Waals surface area contributed by atoms with Crippen LogP contribution in [0.15, 0.2) is 40.5 Å². The molecule has 1 rings (SSSR count). The van der Waals surface area contributed by atoms with Gasteiger partial charge in [-0.15, -0.1) is 0 Å². The van der Waals surface area contributed by atoms with Crippen molar-refractivity contribution in [2.75, 3.05) is 39.1 Å². The highest BCUT2D eigenvalue weighted by atomic mass is 16.1. The second kappa shape index (κ2) is 9.82. The van der Waals surface area contributed by atoms with Crippen LogP contribution in [0.4, 0.5) is 5.69 Å². The van der Waals surface area contributed by atoms with Gasteiger partial charge in [-0.05, 0) is 31.0 Å². The summed E-state index contributed by atoms with van der Waals surface area (Å²) in [6.45, 7) is 5.97. The minimum Gasteiger partial charge on any atom is -0.375 e. The maximum absolute atomic E-state index is 11.3. The molecule has 0 aromatic heterocycles. The van der Waals surface area contributed by atoms with Crippen LogP contribution in [0.25, 0.3) is 0 Å². The van der Waals surface area contributed by atoms with Crippen molar-refractivity contribution in [2.24, 2.45) is 4.99 Å². The molecule has 0 spiro atoms. The molecule has 0 bridgehead atoms. The highest BCUT2D eigenvalue weighted by molar-refractivity contribution is 6.02. The third kappa shape index (κ3) is 5.89. The third-order valence-electron chi connectivity index (χ3n) is 3.89. The Kier molecular flexibility index (Phi) is 8.09. The van der Waals surface area contributed by atoms with Crippen molar-refractivity contribution in [3.63, 3.8) is 0 Å². The van der Waals surface area contributed by atoms with E-state index in [0.29, 0.717) is 5.57 Å². The van der Waals surface area contributed by atoms with Crippen LogP contribution in [0.5, 0.6) is 0 Å². The summed E-state index contributed by atoms with van der Waals surface area (Å²) < 4.78 is 0. The predicted octanol–water partition coefficient (Wildman–Crippen LogP) is 3.32. The van der Waals surface area contributed by atoms with Crippen LogP contribution in [0.2, 0.25) is 0 Å². The standard InChI is InChI=1S/C19H29N3O/c1-6-8-19(17(15-23)14-20-3)22(5)12-11-21(4)18-10-7-9-16(2)13-18/h7,9-10,13-15H,6,8,11-12H2,1-5H3/b19-17-,20-14?. The molecule has 0 saturated carbocycles. The Bertz CT molecular complexity index is 563. The lowest BCUT2D eigenvalue weighted by Crippen LogP contribution is -2.31. The highest BCUT2D eigenvalue weighted by Gasteiger charge is 2.10. The second-order valence-electron chi connectivity index (χ2n) is 5.84. The normalized spacial score (nSPS) is 12.2. The fourth-order valence-electron chi connectivity index (χ4n) is 2.53. The average Bonchev–Trinajstić information content (AvgIpc) is 2.55. The molecule has 0 amide bonds. The monoisotopic (exact) mass is 315 g/mol. The number of benzene rings is 1. The Balaban J connectivity index is 2.79. The van der Waals surface area contributed by atoms with E-state index in [1.807, 2.05) is 7.05 Å². The first-order valence-corrected chi connectivity index (χ1v) is 8.12. The van der Waals surface area contributed by atoms with Crippen molar-refractivity contribution >= 4 is 18.2 Å². The number of carbonyl (C=O) groups is 1. The number of carbonyl (C=O) groups excluding carboxylic acids is 1. The highest BCUT2D eigenvalue weighted by Crippen LogP contribution is 2.16. The number of aldehydes is 1. The molecule has 0 heterocycles. The van der Waals surface area contributed by atoms with E-state index in [0.717, 1.165) is 37.9 Å². The number of likely N-dealkylation sites (N-methyl/N-ethyl adjacent to an activating group) is 2. The SMILES string of the molecule is CCC/C(=C(/C=O)C=NC)N(C)CCN(C)c1cccc(C)c1. The lowest BCUT2D eigenvalue weighted by Gasteiger charge is -2.27. The van der Waals surface area contributed by atoms with E-state index >= 15 is 0 Å². The van der Waals surface area contributed by atoms with Crippen LogP contribution >= 0.6 is 0 Å². The topological polar surface area (TPSA) is 35.9 Å². The van der Waals surface area contributed by atoms with Crippen molar-refractivity contribution in [2.45, 2.75) is 26.7 Å². The molecule has 0 atom stereocenters. The van der Waals surface area contributed by atoms with Gasteiger partial charge >= 0.3 is 0 Å². The fraction of sp³-hybridized carbons (Fsp3) is 0.474. The van der Waals surface area contributed by atoms with Gasteiger partial charge in [0.15, 0.2) is 6.29 Å². The Morgan fingerprint density at radius 3 is 2.57 bits per heavy atom. The minimum atomic E-state index is 0.676. The molecule has 4 nitrogen and oxygen atoms in total. The minimum absolute atomic E-state index is 0.676. The number of allylic oxidation sites excluding steroid dienone is 2. The van der Waals surface area contributed by atoms with Gasteiger partial charge < -0.3 is 9.80 Å². The summed E-state index contributed by atoms with van der Waals surface area (Å²) in [7, 11) is 5.83. The van der Waals surface area contributed by atoms with E-state index in [1.54, 1.807) is 13.3 Å². The van der Waals surface area contributed by atoms with Crippen LogP contribution in [0, 0.1) is 6.92 Å². The van der Waals surface area contributed by atoms with Crippen molar-refractivity contribution < 1.29 is 4.79 Å². The molecule has 0 N–H and O–H groups in total. The number of aliphatic imine (C=N–C) groups is 1. The maximum Gasteiger partial charge on any atom is 0.153 e. The first-order valence-electron chi connectivity index (χ1n) is 8.12. The number of anilines is 1. The summed E-state index contributed by atoms with van der Waals surface area (Å²) in [5.41, 5.74) is 4.21. The molecule has 0 fully saturated rings. The van der Waals surface area contributed by atoms with Gasteiger partial charge in [0.05, 0.1) is 5.57 Å². The van der Waals surface area contributed by atoms with Gasteiger partial charge in [0, 0.05) is 51.8 Å². The Morgan fingerprint density at radius 1 is 1.26 bits per heavy atom. The third-order valence-corrected chi connectivity index (χ3v) is 3.89. The summed E-state index contributed by atoms with van der Waals surface area (Å²) in [5, 5.41) is 0. The molecular formula is C19H29N3O. The molecule has 0 aliphatic rings. The summed E-state index contributed by atoms with van der Waals surface area (Å²) in [6, 6.07) is 8.49. The zero-order valence-electron chi connectivity index (χ0n) is 15.0. The molecular weight excluding hydrogens is 286 g/mol. The van der Waals surface area contributed by atoms with Crippen LogP contribution in [0.1, 0.15) is 25.3 Å². The van der Waals surface area contributed by atoms with E-state index in [2.05, 4.69) is 60.0 Å². The van der Waals surface area contributed by atoms with Gasteiger partial charge in [-0.25, -0.2) is 0 Å². The van der Waals surface area contributed by atoms with Crippen molar-refractivity contribution in [3.8, 4) is 0 Å². The Labute approximate surface area is 140 Å². The molecule has 1 aromatic carbocycles. The summed E-state index contributed by atoms with van der Waals surface area (Å²) in [5.74, 6) is 0.